The zero-order chi connectivity index (χ0) is 13.9. The van der Waals surface area contributed by atoms with Crippen LogP contribution in [0.15, 0.2) is 0 Å². The molecular formula is C15H28N2O2. The maximum atomic E-state index is 12.2. The minimum absolute atomic E-state index is 0.0138. The Morgan fingerprint density at radius 1 is 1.16 bits per heavy atom. The van der Waals surface area contributed by atoms with E-state index in [-0.39, 0.29) is 17.5 Å². The van der Waals surface area contributed by atoms with Crippen molar-refractivity contribution in [3.05, 3.63) is 0 Å². The summed E-state index contributed by atoms with van der Waals surface area (Å²) in [4.78, 5) is 14.7. The Labute approximate surface area is 116 Å². The molecule has 2 aliphatic heterocycles. The van der Waals surface area contributed by atoms with Crippen LogP contribution in [0.4, 0.5) is 0 Å². The normalized spacial score (nSPS) is 30.1. The Morgan fingerprint density at radius 3 is 2.47 bits per heavy atom. The number of carbonyl (C=O) groups excluding carboxylic acids is 1. The third-order valence-electron chi connectivity index (χ3n) is 3.97. The molecule has 2 rings (SSSR count). The summed E-state index contributed by atoms with van der Waals surface area (Å²) >= 11 is 0. The maximum Gasteiger partial charge on any atom is 0.310 e. The molecule has 2 atom stereocenters. The molecule has 4 nitrogen and oxygen atoms in total. The molecule has 2 saturated heterocycles. The number of piperidine rings is 2. The van der Waals surface area contributed by atoms with E-state index in [0.29, 0.717) is 6.04 Å². The van der Waals surface area contributed by atoms with Crippen LogP contribution >= 0.6 is 0 Å². The third kappa shape index (κ3) is 4.46. The number of nitrogens with zero attached hydrogens (tertiary/aromatic N) is 1. The second kappa shape index (κ2) is 6.23. The number of hydrogen-bond acceptors (Lipinski definition) is 4. The van der Waals surface area contributed by atoms with E-state index in [1.807, 2.05) is 20.8 Å². The summed E-state index contributed by atoms with van der Waals surface area (Å²) in [5, 5.41) is 3.41. The van der Waals surface area contributed by atoms with Gasteiger partial charge in [0, 0.05) is 19.1 Å². The van der Waals surface area contributed by atoms with Crippen molar-refractivity contribution in [1.82, 2.24) is 10.2 Å². The van der Waals surface area contributed by atoms with Crippen molar-refractivity contribution in [2.24, 2.45) is 5.92 Å². The molecule has 0 aliphatic carbocycles. The molecular weight excluding hydrogens is 240 g/mol. The molecule has 1 N–H and O–H groups in total. The van der Waals surface area contributed by atoms with Gasteiger partial charge in [0.2, 0.25) is 0 Å². The van der Waals surface area contributed by atoms with Crippen molar-refractivity contribution >= 4 is 5.97 Å². The Balaban J connectivity index is 1.87. The summed E-state index contributed by atoms with van der Waals surface area (Å²) in [5.41, 5.74) is -0.380. The first-order valence-corrected chi connectivity index (χ1v) is 7.63. The Hall–Kier alpha value is -0.610. The number of hydrogen-bond donors (Lipinski definition) is 1. The molecule has 2 aliphatic rings. The van der Waals surface area contributed by atoms with Crippen molar-refractivity contribution < 1.29 is 9.53 Å². The number of esters is 1. The summed E-state index contributed by atoms with van der Waals surface area (Å²) in [6.07, 6.45) is 4.90. The highest BCUT2D eigenvalue weighted by Gasteiger charge is 2.33. The van der Waals surface area contributed by atoms with Gasteiger partial charge in [0.15, 0.2) is 0 Å². The van der Waals surface area contributed by atoms with E-state index in [0.717, 1.165) is 19.5 Å². The summed E-state index contributed by atoms with van der Waals surface area (Å²) in [6.45, 7) is 9.95. The molecule has 0 aromatic rings. The van der Waals surface area contributed by atoms with Crippen LogP contribution in [0.5, 0.6) is 0 Å². The second-order valence-corrected chi connectivity index (χ2v) is 6.87. The van der Waals surface area contributed by atoms with Gasteiger partial charge >= 0.3 is 5.97 Å². The number of ether oxygens (including phenoxy) is 1. The Morgan fingerprint density at radius 2 is 1.84 bits per heavy atom. The van der Waals surface area contributed by atoms with Crippen LogP contribution in [0, 0.1) is 5.92 Å². The summed E-state index contributed by atoms with van der Waals surface area (Å²) in [5.74, 6) is -0.0263. The molecule has 0 saturated carbocycles. The third-order valence-corrected chi connectivity index (χ3v) is 3.97. The summed E-state index contributed by atoms with van der Waals surface area (Å²) in [6, 6.07) is 0.506. The first-order valence-electron chi connectivity index (χ1n) is 7.63. The highest BCUT2D eigenvalue weighted by molar-refractivity contribution is 5.73. The van der Waals surface area contributed by atoms with E-state index in [4.69, 9.17) is 4.74 Å². The highest BCUT2D eigenvalue weighted by atomic mass is 16.6. The van der Waals surface area contributed by atoms with Gasteiger partial charge in [-0.15, -0.1) is 0 Å². The molecule has 0 amide bonds. The van der Waals surface area contributed by atoms with Gasteiger partial charge < -0.3 is 10.1 Å². The first-order chi connectivity index (χ1) is 8.96. The van der Waals surface area contributed by atoms with E-state index in [1.165, 1.54) is 32.4 Å². The monoisotopic (exact) mass is 268 g/mol. The first kappa shape index (κ1) is 14.8. The molecule has 0 aromatic heterocycles. The van der Waals surface area contributed by atoms with E-state index in [9.17, 15) is 4.79 Å². The fraction of sp³-hybridized carbons (Fsp3) is 0.933. The number of likely N-dealkylation sites (tertiary alicyclic amines) is 1. The smallest absolute Gasteiger partial charge is 0.310 e. The van der Waals surface area contributed by atoms with Crippen LogP contribution in [-0.4, -0.2) is 48.7 Å². The minimum atomic E-state index is -0.380. The Kier molecular flexibility index (Phi) is 4.85. The van der Waals surface area contributed by atoms with E-state index < -0.39 is 0 Å². The van der Waals surface area contributed by atoms with Crippen LogP contribution < -0.4 is 5.32 Å². The van der Waals surface area contributed by atoms with Gasteiger partial charge in [-0.3, -0.25) is 9.69 Å². The van der Waals surface area contributed by atoms with Crippen molar-refractivity contribution in [1.29, 1.82) is 0 Å². The van der Waals surface area contributed by atoms with E-state index in [2.05, 4.69) is 10.2 Å². The predicted molar refractivity (Wildman–Crippen MR) is 76.0 cm³/mol. The van der Waals surface area contributed by atoms with E-state index >= 15 is 0 Å². The highest BCUT2D eigenvalue weighted by Crippen LogP contribution is 2.22. The van der Waals surface area contributed by atoms with Gasteiger partial charge in [-0.25, -0.2) is 0 Å². The molecule has 4 heteroatoms. The molecule has 0 radical (unpaired) electrons. The quantitative estimate of drug-likeness (QED) is 0.775. The largest absolute Gasteiger partial charge is 0.460 e. The average molecular weight is 268 g/mol. The molecule has 2 fully saturated rings. The predicted octanol–water partition coefficient (Wildman–Crippen LogP) is 1.79. The fourth-order valence-corrected chi connectivity index (χ4v) is 3.05. The van der Waals surface area contributed by atoms with Crippen LogP contribution in [0.3, 0.4) is 0 Å². The van der Waals surface area contributed by atoms with Crippen LogP contribution in [-0.2, 0) is 9.53 Å². The number of carbonyl (C=O) groups is 1. The van der Waals surface area contributed by atoms with Crippen molar-refractivity contribution in [3.8, 4) is 0 Å². The van der Waals surface area contributed by atoms with Gasteiger partial charge in [0.1, 0.15) is 5.60 Å². The van der Waals surface area contributed by atoms with Gasteiger partial charge in [0.25, 0.3) is 0 Å². The van der Waals surface area contributed by atoms with Crippen molar-refractivity contribution in [2.45, 2.75) is 58.1 Å². The van der Waals surface area contributed by atoms with Crippen LogP contribution in [0.1, 0.15) is 46.5 Å². The lowest BCUT2D eigenvalue weighted by atomic mass is 9.93. The van der Waals surface area contributed by atoms with Gasteiger partial charge in [-0.2, -0.15) is 0 Å². The number of rotatable bonds is 2. The molecule has 19 heavy (non-hydrogen) atoms. The van der Waals surface area contributed by atoms with Gasteiger partial charge in [-0.1, -0.05) is 6.42 Å². The van der Waals surface area contributed by atoms with Gasteiger partial charge in [0.05, 0.1) is 5.92 Å². The topological polar surface area (TPSA) is 41.6 Å². The molecule has 0 bridgehead atoms. The number of nitrogens with one attached hydrogen (secondary N) is 1. The standard InChI is InChI=1S/C15H28N2O2/c1-15(2,3)19-14(18)12-9-13(11-16-10-12)17-7-5-4-6-8-17/h12-13,16H,4-11H2,1-3H3/t12-,13-/m1/s1. The molecule has 0 aromatic carbocycles. The van der Waals surface area contributed by atoms with Gasteiger partial charge in [-0.05, 0) is 53.1 Å². The molecule has 0 unspecified atom stereocenters. The van der Waals surface area contributed by atoms with Crippen molar-refractivity contribution in [2.75, 3.05) is 26.2 Å². The molecule has 0 spiro atoms. The SMILES string of the molecule is CC(C)(C)OC(=O)[C@H]1CNC[C@H](N2CCCCC2)C1. The lowest BCUT2D eigenvalue weighted by Gasteiger charge is -2.39. The summed E-state index contributed by atoms with van der Waals surface area (Å²) in [7, 11) is 0. The molecule has 2 heterocycles. The lowest BCUT2D eigenvalue weighted by molar-refractivity contribution is -0.161. The zero-order valence-corrected chi connectivity index (χ0v) is 12.6. The van der Waals surface area contributed by atoms with Crippen LogP contribution in [0.2, 0.25) is 0 Å². The fourth-order valence-electron chi connectivity index (χ4n) is 3.05. The minimum Gasteiger partial charge on any atom is -0.460 e. The maximum absolute atomic E-state index is 12.2. The average Bonchev–Trinajstić information content (AvgIpc) is 2.38. The zero-order valence-electron chi connectivity index (χ0n) is 12.6. The lowest BCUT2D eigenvalue weighted by Crippen LogP contribution is -2.52. The second-order valence-electron chi connectivity index (χ2n) is 6.87. The summed E-state index contributed by atoms with van der Waals surface area (Å²) < 4.78 is 5.52. The van der Waals surface area contributed by atoms with Crippen LogP contribution in [0.25, 0.3) is 0 Å². The molecule has 110 valence electrons. The van der Waals surface area contributed by atoms with Crippen molar-refractivity contribution in [3.63, 3.8) is 0 Å². The van der Waals surface area contributed by atoms with E-state index in [1.54, 1.807) is 0 Å². The Bertz CT molecular complexity index is 306.